The summed E-state index contributed by atoms with van der Waals surface area (Å²) in [4.78, 5) is 23.8. The summed E-state index contributed by atoms with van der Waals surface area (Å²) in [6.07, 6.45) is 1.96. The molecular weight excluding hydrogens is 408 g/mol. The van der Waals surface area contributed by atoms with Gasteiger partial charge in [-0.2, -0.15) is 0 Å². The number of carboxylic acids is 1. The first-order valence-corrected chi connectivity index (χ1v) is 9.96. The summed E-state index contributed by atoms with van der Waals surface area (Å²) in [6, 6.07) is 5.52. The van der Waals surface area contributed by atoms with E-state index in [1.807, 2.05) is 12.1 Å². The molecule has 136 valence electrons. The van der Waals surface area contributed by atoms with Crippen molar-refractivity contribution in [3.63, 3.8) is 0 Å². The van der Waals surface area contributed by atoms with Gasteiger partial charge in [-0.1, -0.05) is 22.9 Å². The molecule has 0 saturated carbocycles. The molecule has 2 rings (SSSR count). The molecule has 1 N–H and O–H groups in total. The normalized spacial score (nSPS) is 12.1. The highest BCUT2D eigenvalue weighted by Gasteiger charge is 2.19. The summed E-state index contributed by atoms with van der Waals surface area (Å²) in [7, 11) is 1.58. The highest BCUT2D eigenvalue weighted by atomic mass is 79.9. The molecule has 0 bridgehead atoms. The van der Waals surface area contributed by atoms with E-state index in [1.165, 1.54) is 18.3 Å². The predicted molar refractivity (Wildman–Crippen MR) is 103 cm³/mol. The molecule has 1 aromatic carbocycles. The van der Waals surface area contributed by atoms with Crippen molar-refractivity contribution in [1.82, 2.24) is 0 Å². The smallest absolute Gasteiger partial charge is 0.306 e. The summed E-state index contributed by atoms with van der Waals surface area (Å²) in [5.41, 5.74) is 0. The lowest BCUT2D eigenvalue weighted by molar-refractivity contribution is -0.141. The fourth-order valence-electron chi connectivity index (χ4n) is 2.30. The van der Waals surface area contributed by atoms with Crippen molar-refractivity contribution >= 4 is 49.1 Å². The monoisotopic (exact) mass is 428 g/mol. The molecule has 0 fully saturated rings. The molecule has 0 aliphatic carbocycles. The van der Waals surface area contributed by atoms with Gasteiger partial charge in [-0.3, -0.25) is 9.59 Å². The quantitative estimate of drug-likeness (QED) is 0.335. The number of carbonyl (C=O) groups excluding carboxylic acids is 1. The SMILES string of the molecule is COc1cc2sc(C(=O)CC(C)C(=O)O)cc2cc1OCCCCBr. The highest BCUT2D eigenvalue weighted by molar-refractivity contribution is 9.09. The lowest BCUT2D eigenvalue weighted by Gasteiger charge is -2.10. The lowest BCUT2D eigenvalue weighted by atomic mass is 10.0. The summed E-state index contributed by atoms with van der Waals surface area (Å²) >= 11 is 4.74. The second-order valence-electron chi connectivity index (χ2n) is 5.76. The Labute approximate surface area is 159 Å². The maximum atomic E-state index is 12.3. The summed E-state index contributed by atoms with van der Waals surface area (Å²) in [6.45, 7) is 2.13. The molecule has 0 radical (unpaired) electrons. The van der Waals surface area contributed by atoms with Crippen molar-refractivity contribution in [3.05, 3.63) is 23.1 Å². The average Bonchev–Trinajstić information content (AvgIpc) is 3.00. The number of aliphatic carboxylic acids is 1. The van der Waals surface area contributed by atoms with Crippen molar-refractivity contribution in [2.75, 3.05) is 19.0 Å². The van der Waals surface area contributed by atoms with E-state index in [1.54, 1.807) is 13.2 Å². The maximum absolute atomic E-state index is 12.3. The number of carboxylic acid groups (broad SMARTS) is 1. The molecule has 5 nitrogen and oxygen atoms in total. The number of unbranched alkanes of at least 4 members (excludes halogenated alkanes) is 1. The third-order valence-corrected chi connectivity index (χ3v) is 5.48. The fourth-order valence-corrected chi connectivity index (χ4v) is 3.72. The van der Waals surface area contributed by atoms with Gasteiger partial charge in [0.05, 0.1) is 24.5 Å². The van der Waals surface area contributed by atoms with E-state index in [4.69, 9.17) is 14.6 Å². The number of carbonyl (C=O) groups is 2. The molecule has 2 aromatic rings. The first-order valence-electron chi connectivity index (χ1n) is 8.02. The number of hydrogen-bond donors (Lipinski definition) is 1. The van der Waals surface area contributed by atoms with E-state index in [0.717, 1.165) is 28.3 Å². The summed E-state index contributed by atoms with van der Waals surface area (Å²) < 4.78 is 12.1. The number of thiophene rings is 1. The maximum Gasteiger partial charge on any atom is 0.306 e. The number of fused-ring (bicyclic) bond motifs is 1. The van der Waals surface area contributed by atoms with Gasteiger partial charge in [0.15, 0.2) is 17.3 Å². The second kappa shape index (κ2) is 9.20. The Morgan fingerprint density at radius 3 is 2.64 bits per heavy atom. The van der Waals surface area contributed by atoms with Crippen molar-refractivity contribution in [2.24, 2.45) is 5.92 Å². The van der Waals surface area contributed by atoms with E-state index in [0.29, 0.717) is 23.0 Å². The number of alkyl halides is 1. The van der Waals surface area contributed by atoms with Gasteiger partial charge in [-0.05, 0) is 30.4 Å². The van der Waals surface area contributed by atoms with Crippen LogP contribution < -0.4 is 9.47 Å². The summed E-state index contributed by atoms with van der Waals surface area (Å²) in [5.74, 6) is -0.530. The fraction of sp³-hybridized carbons (Fsp3) is 0.444. The summed E-state index contributed by atoms with van der Waals surface area (Å²) in [5, 5.41) is 10.8. The highest BCUT2D eigenvalue weighted by Crippen LogP contribution is 2.37. The molecular formula is C18H21BrO5S. The first kappa shape index (κ1) is 19.7. The van der Waals surface area contributed by atoms with Gasteiger partial charge in [0.2, 0.25) is 0 Å². The molecule has 0 saturated heterocycles. The van der Waals surface area contributed by atoms with E-state index in [-0.39, 0.29) is 12.2 Å². The van der Waals surface area contributed by atoms with Gasteiger partial charge in [-0.25, -0.2) is 0 Å². The minimum Gasteiger partial charge on any atom is -0.493 e. The zero-order chi connectivity index (χ0) is 18.4. The molecule has 1 heterocycles. The van der Waals surface area contributed by atoms with Crippen molar-refractivity contribution in [1.29, 1.82) is 0 Å². The van der Waals surface area contributed by atoms with Gasteiger partial charge < -0.3 is 14.6 Å². The van der Waals surface area contributed by atoms with Crippen LogP contribution in [0.5, 0.6) is 11.5 Å². The van der Waals surface area contributed by atoms with Gasteiger partial charge in [-0.15, -0.1) is 11.3 Å². The van der Waals surface area contributed by atoms with Crippen molar-refractivity contribution in [3.8, 4) is 11.5 Å². The van der Waals surface area contributed by atoms with Crippen LogP contribution in [0.2, 0.25) is 0 Å². The Hall–Kier alpha value is -1.60. The van der Waals surface area contributed by atoms with E-state index >= 15 is 0 Å². The van der Waals surface area contributed by atoms with Crippen molar-refractivity contribution in [2.45, 2.75) is 26.2 Å². The van der Waals surface area contributed by atoms with Crippen LogP contribution in [0.15, 0.2) is 18.2 Å². The third kappa shape index (κ3) is 5.19. The van der Waals surface area contributed by atoms with Crippen LogP contribution in [-0.4, -0.2) is 35.9 Å². The number of ketones is 1. The number of methoxy groups -OCH3 is 1. The number of ether oxygens (including phenoxy) is 2. The molecule has 1 unspecified atom stereocenters. The Morgan fingerprint density at radius 1 is 1.24 bits per heavy atom. The second-order valence-corrected chi connectivity index (χ2v) is 7.64. The Morgan fingerprint density at radius 2 is 2.00 bits per heavy atom. The topological polar surface area (TPSA) is 72.8 Å². The molecule has 0 spiro atoms. The molecule has 0 aliphatic heterocycles. The molecule has 1 atom stereocenters. The Bertz CT molecular complexity index is 755. The van der Waals surface area contributed by atoms with Crippen LogP contribution >= 0.6 is 27.3 Å². The first-order chi connectivity index (χ1) is 12.0. The predicted octanol–water partition coefficient (Wildman–Crippen LogP) is 4.76. The average molecular weight is 429 g/mol. The Kier molecular flexibility index (Phi) is 7.25. The number of rotatable bonds is 10. The van der Waals surface area contributed by atoms with Crippen molar-refractivity contribution < 1.29 is 24.2 Å². The van der Waals surface area contributed by atoms with Crippen LogP contribution in [0, 0.1) is 5.92 Å². The van der Waals surface area contributed by atoms with E-state index in [9.17, 15) is 9.59 Å². The van der Waals surface area contributed by atoms with Gasteiger partial charge >= 0.3 is 5.97 Å². The molecule has 7 heteroatoms. The molecule has 1 aromatic heterocycles. The Balaban J connectivity index is 2.21. The third-order valence-electron chi connectivity index (χ3n) is 3.78. The van der Waals surface area contributed by atoms with Gasteiger partial charge in [0.25, 0.3) is 0 Å². The van der Waals surface area contributed by atoms with Crippen LogP contribution in [0.3, 0.4) is 0 Å². The zero-order valence-electron chi connectivity index (χ0n) is 14.2. The standard InChI is InChI=1S/C18H21BrO5S/c1-11(18(21)22)7-13(20)17-9-12-8-15(24-6-4-3-5-19)14(23-2)10-16(12)25-17/h8-11H,3-7H2,1-2H3,(H,21,22). The van der Waals surface area contributed by atoms with Crippen LogP contribution in [0.25, 0.3) is 10.1 Å². The molecule has 0 aliphatic rings. The van der Waals surface area contributed by atoms with Gasteiger partial charge in [0, 0.05) is 22.5 Å². The minimum absolute atomic E-state index is 0.00477. The van der Waals surface area contributed by atoms with Crippen LogP contribution in [0.1, 0.15) is 35.9 Å². The number of hydrogen-bond acceptors (Lipinski definition) is 5. The van der Waals surface area contributed by atoms with E-state index in [2.05, 4.69) is 15.9 Å². The largest absolute Gasteiger partial charge is 0.493 e. The lowest BCUT2D eigenvalue weighted by Crippen LogP contribution is -2.13. The van der Waals surface area contributed by atoms with E-state index < -0.39 is 11.9 Å². The number of halogens is 1. The minimum atomic E-state index is -0.963. The molecule has 25 heavy (non-hydrogen) atoms. The van der Waals surface area contributed by atoms with Crippen LogP contribution in [0.4, 0.5) is 0 Å². The molecule has 0 amide bonds. The van der Waals surface area contributed by atoms with Crippen LogP contribution in [-0.2, 0) is 4.79 Å². The van der Waals surface area contributed by atoms with Gasteiger partial charge in [0.1, 0.15) is 0 Å². The zero-order valence-corrected chi connectivity index (χ0v) is 16.6. The number of benzene rings is 1. The number of Topliss-reactive ketones (excluding diaryl/α,β-unsaturated/α-hetero) is 1.